The Hall–Kier alpha value is -1.79. The molecule has 0 aromatic heterocycles. The number of carbonyl (C=O) groups excluding carboxylic acids is 3. The van der Waals surface area contributed by atoms with E-state index in [0.717, 1.165) is 32.4 Å². The van der Waals surface area contributed by atoms with Gasteiger partial charge < -0.3 is 15.5 Å². The lowest BCUT2D eigenvalue weighted by Crippen LogP contribution is -2.46. The van der Waals surface area contributed by atoms with E-state index in [4.69, 9.17) is 23.2 Å². The van der Waals surface area contributed by atoms with E-state index in [-0.39, 0.29) is 29.6 Å². The summed E-state index contributed by atoms with van der Waals surface area (Å²) in [6.07, 6.45) is 3.19. The number of nitrogens with zero attached hydrogens (tertiary/aromatic N) is 1. The molecule has 3 amide bonds. The maximum Gasteiger partial charge on any atom is 0.253 e. The minimum absolute atomic E-state index is 0.0627. The van der Waals surface area contributed by atoms with Gasteiger partial charge in [0, 0.05) is 18.1 Å². The molecule has 8 heteroatoms. The van der Waals surface area contributed by atoms with E-state index in [0.29, 0.717) is 10.9 Å². The highest BCUT2D eigenvalue weighted by atomic mass is 35.5. The molecule has 1 fully saturated rings. The predicted molar refractivity (Wildman–Crippen MR) is 101 cm³/mol. The van der Waals surface area contributed by atoms with Crippen LogP contribution < -0.4 is 10.6 Å². The molecule has 1 heterocycles. The first-order chi connectivity index (χ1) is 12.4. The van der Waals surface area contributed by atoms with Crippen molar-refractivity contribution in [2.75, 3.05) is 26.2 Å². The van der Waals surface area contributed by atoms with E-state index in [1.165, 1.54) is 12.1 Å². The zero-order valence-electron chi connectivity index (χ0n) is 14.7. The summed E-state index contributed by atoms with van der Waals surface area (Å²) in [4.78, 5) is 37.9. The van der Waals surface area contributed by atoms with Crippen LogP contribution in [0.1, 0.15) is 36.5 Å². The first kappa shape index (κ1) is 20.5. The fraction of sp³-hybridized carbons (Fsp3) is 0.500. The molecule has 1 aromatic carbocycles. The zero-order valence-corrected chi connectivity index (χ0v) is 16.2. The van der Waals surface area contributed by atoms with Crippen molar-refractivity contribution in [3.05, 3.63) is 33.8 Å². The fourth-order valence-corrected chi connectivity index (χ4v) is 3.40. The molecule has 0 spiro atoms. The third kappa shape index (κ3) is 5.88. The Morgan fingerprint density at radius 1 is 1.19 bits per heavy atom. The van der Waals surface area contributed by atoms with Gasteiger partial charge in [-0.15, -0.1) is 0 Å². The van der Waals surface area contributed by atoms with Crippen molar-refractivity contribution in [2.24, 2.45) is 5.92 Å². The summed E-state index contributed by atoms with van der Waals surface area (Å²) in [6, 6.07) is 4.49. The van der Waals surface area contributed by atoms with Crippen LogP contribution in [0.5, 0.6) is 0 Å². The molecule has 2 N–H and O–H groups in total. The molecule has 142 valence electrons. The van der Waals surface area contributed by atoms with Gasteiger partial charge in [0.05, 0.1) is 23.7 Å². The first-order valence-electron chi connectivity index (χ1n) is 8.68. The van der Waals surface area contributed by atoms with Gasteiger partial charge in [-0.2, -0.15) is 0 Å². The molecule has 1 aromatic rings. The zero-order chi connectivity index (χ0) is 19.1. The lowest BCUT2D eigenvalue weighted by molar-refractivity contribution is -0.134. The Bertz CT molecular complexity index is 682. The molecule has 1 unspecified atom stereocenters. The largest absolute Gasteiger partial charge is 0.345 e. The molecule has 0 bridgehead atoms. The number of hydrogen-bond acceptors (Lipinski definition) is 3. The number of hydrogen-bond donors (Lipinski definition) is 2. The molecule has 2 rings (SSSR count). The van der Waals surface area contributed by atoms with Gasteiger partial charge in [-0.05, 0) is 37.0 Å². The Morgan fingerprint density at radius 2 is 1.96 bits per heavy atom. The van der Waals surface area contributed by atoms with Crippen molar-refractivity contribution in [3.63, 3.8) is 0 Å². The Labute approximate surface area is 163 Å². The summed E-state index contributed by atoms with van der Waals surface area (Å²) in [5.41, 5.74) is 0.235. The SMILES string of the molecule is CCC1CCCN(C(=O)CNC(=O)CNC(=O)c2ccc(Cl)cc2Cl)C1. The maximum absolute atomic E-state index is 12.2. The summed E-state index contributed by atoms with van der Waals surface area (Å²) in [6.45, 7) is 3.31. The number of likely N-dealkylation sites (tertiary alicyclic amines) is 1. The maximum atomic E-state index is 12.2. The molecule has 1 saturated heterocycles. The van der Waals surface area contributed by atoms with E-state index in [1.807, 2.05) is 0 Å². The Balaban J connectivity index is 1.74. The van der Waals surface area contributed by atoms with Crippen molar-refractivity contribution in [1.29, 1.82) is 0 Å². The van der Waals surface area contributed by atoms with E-state index in [1.54, 1.807) is 11.0 Å². The summed E-state index contributed by atoms with van der Waals surface area (Å²) < 4.78 is 0. The van der Waals surface area contributed by atoms with Gasteiger partial charge in [-0.3, -0.25) is 14.4 Å². The van der Waals surface area contributed by atoms with E-state index in [9.17, 15) is 14.4 Å². The van der Waals surface area contributed by atoms with Crippen molar-refractivity contribution >= 4 is 40.9 Å². The van der Waals surface area contributed by atoms with Crippen LogP contribution in [0.2, 0.25) is 10.0 Å². The quantitative estimate of drug-likeness (QED) is 0.770. The van der Waals surface area contributed by atoms with Crippen molar-refractivity contribution < 1.29 is 14.4 Å². The molecule has 6 nitrogen and oxygen atoms in total. The summed E-state index contributed by atoms with van der Waals surface area (Å²) in [5.74, 6) is -0.466. The average molecular weight is 400 g/mol. The van der Waals surface area contributed by atoms with Crippen LogP contribution >= 0.6 is 23.2 Å². The van der Waals surface area contributed by atoms with Gasteiger partial charge in [0.15, 0.2) is 0 Å². The average Bonchev–Trinajstić information content (AvgIpc) is 2.64. The Kier molecular flexibility index (Phi) is 7.72. The van der Waals surface area contributed by atoms with Gasteiger partial charge in [-0.1, -0.05) is 36.5 Å². The van der Waals surface area contributed by atoms with Crippen molar-refractivity contribution in [1.82, 2.24) is 15.5 Å². The lowest BCUT2D eigenvalue weighted by atomic mass is 9.96. The highest BCUT2D eigenvalue weighted by Crippen LogP contribution is 2.21. The smallest absolute Gasteiger partial charge is 0.253 e. The van der Waals surface area contributed by atoms with Crippen LogP contribution in [0.25, 0.3) is 0 Å². The van der Waals surface area contributed by atoms with Crippen LogP contribution in [0.4, 0.5) is 0 Å². The molecule has 1 atom stereocenters. The molecule has 1 aliphatic heterocycles. The monoisotopic (exact) mass is 399 g/mol. The van der Waals surface area contributed by atoms with Gasteiger partial charge in [0.25, 0.3) is 5.91 Å². The lowest BCUT2D eigenvalue weighted by Gasteiger charge is -2.32. The number of benzene rings is 1. The molecule has 26 heavy (non-hydrogen) atoms. The second-order valence-electron chi connectivity index (χ2n) is 6.34. The number of rotatable bonds is 6. The van der Waals surface area contributed by atoms with E-state index < -0.39 is 11.8 Å². The van der Waals surface area contributed by atoms with E-state index >= 15 is 0 Å². The van der Waals surface area contributed by atoms with E-state index in [2.05, 4.69) is 17.6 Å². The number of halogens is 2. The third-order valence-electron chi connectivity index (χ3n) is 4.47. The molecule has 1 aliphatic rings. The van der Waals surface area contributed by atoms with Crippen molar-refractivity contribution in [3.8, 4) is 0 Å². The molecular formula is C18H23Cl2N3O3. The highest BCUT2D eigenvalue weighted by molar-refractivity contribution is 6.36. The molecule has 0 saturated carbocycles. The van der Waals surface area contributed by atoms with Gasteiger partial charge in [0.1, 0.15) is 0 Å². The molecular weight excluding hydrogens is 377 g/mol. The number of carbonyl (C=O) groups is 3. The van der Waals surface area contributed by atoms with Crippen molar-refractivity contribution in [2.45, 2.75) is 26.2 Å². The topological polar surface area (TPSA) is 78.5 Å². The number of amides is 3. The minimum atomic E-state index is -0.477. The minimum Gasteiger partial charge on any atom is -0.345 e. The van der Waals surface area contributed by atoms with Crippen LogP contribution in [-0.4, -0.2) is 48.8 Å². The second kappa shape index (κ2) is 9.78. The number of piperidine rings is 1. The van der Waals surface area contributed by atoms with Crippen LogP contribution in [0.15, 0.2) is 18.2 Å². The van der Waals surface area contributed by atoms with Crippen LogP contribution in [-0.2, 0) is 9.59 Å². The van der Waals surface area contributed by atoms with Crippen LogP contribution in [0.3, 0.4) is 0 Å². The van der Waals surface area contributed by atoms with Gasteiger partial charge >= 0.3 is 0 Å². The van der Waals surface area contributed by atoms with Gasteiger partial charge in [0.2, 0.25) is 11.8 Å². The summed E-state index contributed by atoms with van der Waals surface area (Å²) >= 11 is 11.7. The Morgan fingerprint density at radius 3 is 2.65 bits per heavy atom. The highest BCUT2D eigenvalue weighted by Gasteiger charge is 2.22. The van der Waals surface area contributed by atoms with Gasteiger partial charge in [-0.25, -0.2) is 0 Å². The third-order valence-corrected chi connectivity index (χ3v) is 5.02. The summed E-state index contributed by atoms with van der Waals surface area (Å²) in [7, 11) is 0. The molecule has 0 radical (unpaired) electrons. The fourth-order valence-electron chi connectivity index (χ4n) is 2.90. The standard InChI is InChI=1S/C18H23Cl2N3O3/c1-2-12-4-3-7-23(11-12)17(25)10-21-16(24)9-22-18(26)14-6-5-13(19)8-15(14)20/h5-6,8,12H,2-4,7,9-11H2,1H3,(H,21,24)(H,22,26). The first-order valence-corrected chi connectivity index (χ1v) is 9.44. The predicted octanol–water partition coefficient (Wildman–Crippen LogP) is 2.49. The second-order valence-corrected chi connectivity index (χ2v) is 7.18. The normalized spacial score (nSPS) is 16.9. The van der Waals surface area contributed by atoms with Crippen LogP contribution in [0, 0.1) is 5.92 Å². The molecule has 0 aliphatic carbocycles. The summed E-state index contributed by atoms with van der Waals surface area (Å²) in [5, 5.41) is 5.65. The number of nitrogens with one attached hydrogen (secondary N) is 2.